The van der Waals surface area contributed by atoms with Gasteiger partial charge in [-0.3, -0.25) is 10.1 Å². The number of amides is 2. The zero-order chi connectivity index (χ0) is 27.5. The molecule has 10 nitrogen and oxygen atoms in total. The Morgan fingerprint density at radius 2 is 1.90 bits per heavy atom. The van der Waals surface area contributed by atoms with Crippen LogP contribution in [-0.4, -0.2) is 85.8 Å². The largest absolute Gasteiger partial charge is 0.444 e. The van der Waals surface area contributed by atoms with Gasteiger partial charge in [0.25, 0.3) is 0 Å². The smallest absolute Gasteiger partial charge is 0.414 e. The third-order valence-corrected chi connectivity index (χ3v) is 8.19. The summed E-state index contributed by atoms with van der Waals surface area (Å²) in [5.41, 5.74) is 0.0253. The molecule has 2 aliphatic heterocycles. The number of ether oxygens (including phenoxy) is 2. The predicted molar refractivity (Wildman–Crippen MR) is 148 cm³/mol. The maximum Gasteiger partial charge on any atom is 0.414 e. The Kier molecular flexibility index (Phi) is 10.6. The van der Waals surface area contributed by atoms with E-state index in [1.165, 1.54) is 6.42 Å². The van der Waals surface area contributed by atoms with E-state index in [9.17, 15) is 14.9 Å². The third kappa shape index (κ3) is 7.93. The molecule has 1 unspecified atom stereocenters. The fourth-order valence-corrected chi connectivity index (χ4v) is 5.71. The zero-order valence-corrected chi connectivity index (χ0v) is 23.1. The Labute approximate surface area is 231 Å². The van der Waals surface area contributed by atoms with Crippen LogP contribution in [0.2, 0.25) is 0 Å². The van der Waals surface area contributed by atoms with E-state index in [4.69, 9.17) is 14.5 Å². The topological polar surface area (TPSA) is 119 Å². The van der Waals surface area contributed by atoms with Gasteiger partial charge in [-0.25, -0.2) is 9.79 Å². The van der Waals surface area contributed by atoms with Crippen molar-refractivity contribution in [2.75, 3.05) is 46.4 Å². The van der Waals surface area contributed by atoms with Crippen molar-refractivity contribution in [3.63, 3.8) is 0 Å². The molecule has 1 atom stereocenters. The number of hydrogen-bond donors (Lipinski definition) is 2. The molecule has 0 bridgehead atoms. The third-order valence-electron chi connectivity index (χ3n) is 8.19. The number of morpholine rings is 1. The number of alkyl carbamates (subject to hydrolysis) is 1. The van der Waals surface area contributed by atoms with Crippen LogP contribution in [0.5, 0.6) is 0 Å². The molecule has 3 aliphatic rings. The number of likely N-dealkylation sites (N-methyl/N-ethyl adjacent to an activating group) is 1. The maximum absolute atomic E-state index is 14.1. The maximum atomic E-state index is 14.1. The molecule has 2 heterocycles. The van der Waals surface area contributed by atoms with Crippen LogP contribution in [0, 0.1) is 17.2 Å². The van der Waals surface area contributed by atoms with Crippen LogP contribution in [0.3, 0.4) is 0 Å². The summed E-state index contributed by atoms with van der Waals surface area (Å²) in [5, 5.41) is 16.2. The number of hydrogen-bond acceptors (Lipinski definition) is 7. The lowest BCUT2D eigenvalue weighted by Crippen LogP contribution is -2.57. The van der Waals surface area contributed by atoms with Gasteiger partial charge >= 0.3 is 6.09 Å². The summed E-state index contributed by atoms with van der Waals surface area (Å²) in [7, 11) is 1.73. The van der Waals surface area contributed by atoms with Crippen molar-refractivity contribution in [1.82, 2.24) is 20.4 Å². The highest BCUT2D eigenvalue weighted by molar-refractivity contribution is 5.96. The molecule has 2 N–H and O–H groups in total. The first-order valence-electron chi connectivity index (χ1n) is 14.3. The molecule has 10 heteroatoms. The Bertz CT molecular complexity index is 1010. The molecule has 212 valence electrons. The molecule has 0 radical (unpaired) electrons. The number of piperidine rings is 1. The summed E-state index contributed by atoms with van der Waals surface area (Å²) in [4.78, 5) is 35.4. The molecule has 2 saturated heterocycles. The van der Waals surface area contributed by atoms with Crippen molar-refractivity contribution in [2.24, 2.45) is 10.9 Å². The highest BCUT2D eigenvalue weighted by atomic mass is 16.5. The molecule has 1 aromatic carbocycles. The number of rotatable bonds is 7. The molecule has 3 fully saturated rings. The van der Waals surface area contributed by atoms with E-state index < -0.39 is 17.7 Å². The van der Waals surface area contributed by atoms with Gasteiger partial charge in [-0.1, -0.05) is 62.4 Å². The summed E-state index contributed by atoms with van der Waals surface area (Å²) < 4.78 is 11.0. The highest BCUT2D eigenvalue weighted by Crippen LogP contribution is 2.31. The monoisotopic (exact) mass is 538 g/mol. The molecular formula is C29H42N6O4. The van der Waals surface area contributed by atoms with Gasteiger partial charge in [0, 0.05) is 20.1 Å². The lowest BCUT2D eigenvalue weighted by Gasteiger charge is -2.41. The molecule has 0 spiro atoms. The summed E-state index contributed by atoms with van der Waals surface area (Å²) in [6.07, 6.45) is 6.78. The molecule has 1 aliphatic carbocycles. The SMILES string of the molecule is CN(C(=O)C(CC1CCCCC1)N=C(NC(=O)OCc1ccccc1)N1CCOCC1)C1(C#N)CCNCC1. The van der Waals surface area contributed by atoms with Gasteiger partial charge in [0.2, 0.25) is 11.9 Å². The van der Waals surface area contributed by atoms with Crippen LogP contribution in [0.4, 0.5) is 4.79 Å². The van der Waals surface area contributed by atoms with Gasteiger partial charge in [0.1, 0.15) is 18.2 Å². The van der Waals surface area contributed by atoms with E-state index in [-0.39, 0.29) is 12.5 Å². The standard InChI is InChI=1S/C29H42N6O4/c1-34(29(22-30)12-14-31-15-13-29)26(36)25(20-23-8-4-2-5-9-23)32-27(35-16-18-38-19-17-35)33-28(37)39-21-24-10-6-3-7-11-24/h3,6-7,10-11,23,25,31H,2,4-5,8-9,12-21H2,1H3,(H,32,33,37). The number of guanidine groups is 1. The van der Waals surface area contributed by atoms with E-state index >= 15 is 0 Å². The molecular weight excluding hydrogens is 496 g/mol. The minimum absolute atomic E-state index is 0.134. The lowest BCUT2D eigenvalue weighted by atomic mass is 9.83. The number of benzene rings is 1. The first kappa shape index (κ1) is 28.8. The van der Waals surface area contributed by atoms with E-state index in [0.29, 0.717) is 70.5 Å². The van der Waals surface area contributed by atoms with Crippen LogP contribution in [-0.2, 0) is 20.9 Å². The Hall–Kier alpha value is -3.16. The zero-order valence-electron chi connectivity index (χ0n) is 23.1. The normalized spacial score (nSPS) is 20.9. The molecule has 1 aromatic rings. The second-order valence-corrected chi connectivity index (χ2v) is 10.8. The average Bonchev–Trinajstić information content (AvgIpc) is 3.00. The fraction of sp³-hybridized carbons (Fsp3) is 0.655. The van der Waals surface area contributed by atoms with Crippen LogP contribution in [0.1, 0.15) is 56.9 Å². The number of carbonyl (C=O) groups is 2. The van der Waals surface area contributed by atoms with Crippen molar-refractivity contribution < 1.29 is 19.1 Å². The Balaban J connectivity index is 1.57. The lowest BCUT2D eigenvalue weighted by molar-refractivity contribution is -0.136. The molecule has 2 amide bonds. The second kappa shape index (κ2) is 14.3. The van der Waals surface area contributed by atoms with Crippen molar-refractivity contribution in [3.05, 3.63) is 35.9 Å². The van der Waals surface area contributed by atoms with Gasteiger partial charge in [0.15, 0.2) is 0 Å². The molecule has 1 saturated carbocycles. The van der Waals surface area contributed by atoms with Gasteiger partial charge in [-0.05, 0) is 43.8 Å². The molecule has 0 aromatic heterocycles. The fourth-order valence-electron chi connectivity index (χ4n) is 5.71. The summed E-state index contributed by atoms with van der Waals surface area (Å²) >= 11 is 0. The van der Waals surface area contributed by atoms with Crippen LogP contribution in [0.25, 0.3) is 0 Å². The van der Waals surface area contributed by atoms with Crippen molar-refractivity contribution in [3.8, 4) is 6.07 Å². The van der Waals surface area contributed by atoms with E-state index in [2.05, 4.69) is 16.7 Å². The average molecular weight is 539 g/mol. The van der Waals surface area contributed by atoms with Crippen LogP contribution in [0.15, 0.2) is 35.3 Å². The first-order valence-corrected chi connectivity index (χ1v) is 14.3. The van der Waals surface area contributed by atoms with E-state index in [1.807, 2.05) is 35.2 Å². The van der Waals surface area contributed by atoms with Crippen LogP contribution >= 0.6 is 0 Å². The highest BCUT2D eigenvalue weighted by Gasteiger charge is 2.41. The minimum Gasteiger partial charge on any atom is -0.444 e. The predicted octanol–water partition coefficient (Wildman–Crippen LogP) is 3.04. The number of nitrogens with zero attached hydrogens (tertiary/aromatic N) is 4. The number of aliphatic imine (C=N–C) groups is 1. The number of carbonyl (C=O) groups excluding carboxylic acids is 2. The van der Waals surface area contributed by atoms with Crippen molar-refractivity contribution in [2.45, 2.75) is 69.6 Å². The Morgan fingerprint density at radius 1 is 1.21 bits per heavy atom. The Morgan fingerprint density at radius 3 is 2.56 bits per heavy atom. The summed E-state index contributed by atoms with van der Waals surface area (Å²) in [5.74, 6) is 0.538. The van der Waals surface area contributed by atoms with Gasteiger partial charge < -0.3 is 24.6 Å². The summed E-state index contributed by atoms with van der Waals surface area (Å²) in [6, 6.07) is 11.2. The van der Waals surface area contributed by atoms with Crippen molar-refractivity contribution >= 4 is 18.0 Å². The number of nitrogens with one attached hydrogen (secondary N) is 2. The summed E-state index contributed by atoms with van der Waals surface area (Å²) in [6.45, 7) is 3.62. The van der Waals surface area contributed by atoms with Gasteiger partial charge in [-0.15, -0.1) is 0 Å². The number of nitriles is 1. The quantitative estimate of drug-likeness (QED) is 0.405. The van der Waals surface area contributed by atoms with Crippen LogP contribution < -0.4 is 10.6 Å². The first-order chi connectivity index (χ1) is 19.0. The van der Waals surface area contributed by atoms with Crippen molar-refractivity contribution in [1.29, 1.82) is 5.26 Å². The van der Waals surface area contributed by atoms with Gasteiger partial charge in [0.05, 0.1) is 19.3 Å². The molecule has 39 heavy (non-hydrogen) atoms. The van der Waals surface area contributed by atoms with Gasteiger partial charge in [-0.2, -0.15) is 5.26 Å². The van der Waals surface area contributed by atoms with E-state index in [0.717, 1.165) is 31.2 Å². The minimum atomic E-state index is -0.857. The second-order valence-electron chi connectivity index (χ2n) is 10.8. The molecule has 4 rings (SSSR count). The van der Waals surface area contributed by atoms with E-state index in [1.54, 1.807) is 11.9 Å².